The van der Waals surface area contributed by atoms with E-state index >= 15 is 0 Å². The summed E-state index contributed by atoms with van der Waals surface area (Å²) in [5.74, 6) is -0.854. The first kappa shape index (κ1) is 29.9. The van der Waals surface area contributed by atoms with Crippen LogP contribution in [0.2, 0.25) is 18.1 Å². The maximum atomic E-state index is 12.8. The van der Waals surface area contributed by atoms with Gasteiger partial charge in [0.25, 0.3) is 0 Å². The van der Waals surface area contributed by atoms with E-state index in [-0.39, 0.29) is 23.1 Å². The molecule has 1 rings (SSSR count). The topological polar surface area (TPSA) is 84.9 Å². The monoisotopic (exact) mass is 485 g/mol. The highest BCUT2D eigenvalue weighted by atomic mass is 28.4. The predicted molar refractivity (Wildman–Crippen MR) is 137 cm³/mol. The van der Waals surface area contributed by atoms with Crippen molar-refractivity contribution in [2.45, 2.75) is 136 Å². The molecule has 0 aromatic rings. The fraction of sp³-hybridized carbons (Fsp3) is 0.923. The summed E-state index contributed by atoms with van der Waals surface area (Å²) in [6.07, 6.45) is 6.32. The highest BCUT2D eigenvalue weighted by Crippen LogP contribution is 2.40. The molecule has 194 valence electrons. The number of carbonyl (C=O) groups is 2. The molecule has 1 aliphatic rings. The van der Waals surface area contributed by atoms with Crippen LogP contribution in [0.1, 0.15) is 100 Å². The zero-order chi connectivity index (χ0) is 25.6. The number of alkyl carbamates (subject to hydrolysis) is 1. The molecule has 0 aromatic heterocycles. The number of rotatable bonds is 10. The number of nitrogens with one attached hydrogen (secondary N) is 1. The van der Waals surface area contributed by atoms with Gasteiger partial charge in [0.15, 0.2) is 8.32 Å². The van der Waals surface area contributed by atoms with Crippen LogP contribution in [0.15, 0.2) is 0 Å². The van der Waals surface area contributed by atoms with Gasteiger partial charge in [-0.25, -0.2) is 4.79 Å². The van der Waals surface area contributed by atoms with Crippen LogP contribution in [-0.4, -0.2) is 43.2 Å². The molecule has 0 radical (unpaired) electrons. The van der Waals surface area contributed by atoms with Gasteiger partial charge in [0.05, 0.1) is 18.1 Å². The van der Waals surface area contributed by atoms with Crippen molar-refractivity contribution in [2.75, 3.05) is 0 Å². The zero-order valence-corrected chi connectivity index (χ0v) is 23.9. The lowest BCUT2D eigenvalue weighted by Crippen LogP contribution is -2.54. The molecule has 0 aromatic carbocycles. The van der Waals surface area contributed by atoms with E-state index in [9.17, 15) is 14.7 Å². The minimum Gasteiger partial charge on any atom is -0.481 e. The van der Waals surface area contributed by atoms with Crippen molar-refractivity contribution in [3.8, 4) is 0 Å². The molecular formula is C26H51NO5Si. The van der Waals surface area contributed by atoms with Gasteiger partial charge in [-0.3, -0.25) is 4.79 Å². The standard InChI is InChI=1S/C26H51NO5Si/c1-18(2)20(23(28)29)17-22(32-33(9,10)26(6,7)8)21(16-19-14-12-11-13-15-19)27-24(30)31-25(3,4)5/h18-22H,11-17H2,1-10H3,(H,27,30)(H,28,29)/t20-,21-,22-/m0/s1. The van der Waals surface area contributed by atoms with Crippen LogP contribution in [0.5, 0.6) is 0 Å². The van der Waals surface area contributed by atoms with Gasteiger partial charge in [-0.15, -0.1) is 0 Å². The fourth-order valence-electron chi connectivity index (χ4n) is 4.30. The normalized spacial score (nSPS) is 19.1. The predicted octanol–water partition coefficient (Wildman–Crippen LogP) is 6.99. The first-order valence-electron chi connectivity index (χ1n) is 12.8. The summed E-state index contributed by atoms with van der Waals surface area (Å²) in [5.41, 5.74) is -0.600. The Labute approximate surface area is 203 Å². The van der Waals surface area contributed by atoms with Crippen LogP contribution in [-0.2, 0) is 14.0 Å². The zero-order valence-electron chi connectivity index (χ0n) is 22.9. The Hall–Kier alpha value is -1.08. The van der Waals surface area contributed by atoms with E-state index in [1.54, 1.807) is 0 Å². The fourth-order valence-corrected chi connectivity index (χ4v) is 5.67. The largest absolute Gasteiger partial charge is 0.481 e. The third-order valence-corrected chi connectivity index (χ3v) is 11.8. The molecule has 1 saturated carbocycles. The molecule has 0 unspecified atom stereocenters. The van der Waals surface area contributed by atoms with Gasteiger partial charge >= 0.3 is 12.1 Å². The highest BCUT2D eigenvalue weighted by molar-refractivity contribution is 6.74. The highest BCUT2D eigenvalue weighted by Gasteiger charge is 2.43. The Morgan fingerprint density at radius 1 is 1.03 bits per heavy atom. The SMILES string of the molecule is CC(C)[C@H](C[C@H](O[Si](C)(C)C(C)(C)C)[C@H](CC1CCCCC1)NC(=O)OC(C)(C)C)C(=O)O. The minimum atomic E-state index is -2.22. The van der Waals surface area contributed by atoms with Gasteiger partial charge in [0.2, 0.25) is 0 Å². The van der Waals surface area contributed by atoms with Crippen molar-refractivity contribution in [1.82, 2.24) is 5.32 Å². The second-order valence-electron chi connectivity index (χ2n) is 12.8. The molecular weight excluding hydrogens is 434 g/mol. The Balaban J connectivity index is 3.30. The number of hydrogen-bond acceptors (Lipinski definition) is 4. The Morgan fingerprint density at radius 3 is 2.00 bits per heavy atom. The summed E-state index contributed by atoms with van der Waals surface area (Å²) in [6.45, 7) is 20.4. The van der Waals surface area contributed by atoms with Crippen LogP contribution < -0.4 is 5.32 Å². The molecule has 6 nitrogen and oxygen atoms in total. The average molecular weight is 486 g/mol. The molecule has 7 heteroatoms. The number of hydrogen-bond donors (Lipinski definition) is 2. The van der Waals surface area contributed by atoms with Crippen molar-refractivity contribution in [3.05, 3.63) is 0 Å². The summed E-state index contributed by atoms with van der Waals surface area (Å²) < 4.78 is 12.5. The van der Waals surface area contributed by atoms with E-state index in [0.717, 1.165) is 19.3 Å². The van der Waals surface area contributed by atoms with Crippen LogP contribution in [0.4, 0.5) is 4.79 Å². The maximum absolute atomic E-state index is 12.8. The van der Waals surface area contributed by atoms with E-state index in [1.165, 1.54) is 19.3 Å². The maximum Gasteiger partial charge on any atom is 0.407 e. The molecule has 0 heterocycles. The Kier molecular flexibility index (Phi) is 10.9. The van der Waals surface area contributed by atoms with Crippen LogP contribution in [0.25, 0.3) is 0 Å². The molecule has 1 fully saturated rings. The third kappa shape index (κ3) is 10.4. The minimum absolute atomic E-state index is 0.0233. The molecule has 0 saturated heterocycles. The molecule has 1 amide bonds. The smallest absolute Gasteiger partial charge is 0.407 e. The number of amides is 1. The lowest BCUT2D eigenvalue weighted by atomic mass is 9.81. The second kappa shape index (κ2) is 12.1. The number of carbonyl (C=O) groups excluding carboxylic acids is 1. The lowest BCUT2D eigenvalue weighted by Gasteiger charge is -2.43. The molecule has 0 spiro atoms. The number of carboxylic acid groups (broad SMARTS) is 1. The first-order valence-corrected chi connectivity index (χ1v) is 15.7. The quantitative estimate of drug-likeness (QED) is 0.326. The van der Waals surface area contributed by atoms with Crippen molar-refractivity contribution < 1.29 is 23.9 Å². The van der Waals surface area contributed by atoms with Crippen molar-refractivity contribution in [3.63, 3.8) is 0 Å². The second-order valence-corrected chi connectivity index (χ2v) is 17.6. The molecule has 3 atom stereocenters. The van der Waals surface area contributed by atoms with Crippen molar-refractivity contribution in [2.24, 2.45) is 17.8 Å². The van der Waals surface area contributed by atoms with Crippen LogP contribution >= 0.6 is 0 Å². The molecule has 2 N–H and O–H groups in total. The van der Waals surface area contributed by atoms with Crippen LogP contribution in [0.3, 0.4) is 0 Å². The Bertz CT molecular complexity index is 630. The molecule has 33 heavy (non-hydrogen) atoms. The molecule has 0 bridgehead atoms. The molecule has 1 aliphatic carbocycles. The van der Waals surface area contributed by atoms with Gasteiger partial charge in [0.1, 0.15) is 5.60 Å². The van der Waals surface area contributed by atoms with Crippen LogP contribution in [0, 0.1) is 17.8 Å². The summed E-state index contributed by atoms with van der Waals surface area (Å²) in [6, 6.07) is -0.280. The van der Waals surface area contributed by atoms with E-state index < -0.39 is 31.9 Å². The summed E-state index contributed by atoms with van der Waals surface area (Å²) >= 11 is 0. The number of ether oxygens (including phenoxy) is 1. The van der Waals surface area contributed by atoms with Crippen molar-refractivity contribution >= 4 is 20.4 Å². The number of carboxylic acids is 1. The van der Waals surface area contributed by atoms with E-state index in [1.807, 2.05) is 34.6 Å². The Morgan fingerprint density at radius 2 is 1.58 bits per heavy atom. The van der Waals surface area contributed by atoms with Gasteiger partial charge in [0, 0.05) is 0 Å². The van der Waals surface area contributed by atoms with Gasteiger partial charge in [-0.1, -0.05) is 66.7 Å². The lowest BCUT2D eigenvalue weighted by molar-refractivity contribution is -0.144. The van der Waals surface area contributed by atoms with Gasteiger partial charge < -0.3 is 19.6 Å². The number of aliphatic carboxylic acids is 1. The summed E-state index contributed by atoms with van der Waals surface area (Å²) in [5, 5.41) is 13.0. The van der Waals surface area contributed by atoms with Crippen molar-refractivity contribution in [1.29, 1.82) is 0 Å². The van der Waals surface area contributed by atoms with Gasteiger partial charge in [-0.05, 0) is 63.6 Å². The summed E-state index contributed by atoms with van der Waals surface area (Å²) in [4.78, 5) is 24.9. The summed E-state index contributed by atoms with van der Waals surface area (Å²) in [7, 11) is -2.22. The van der Waals surface area contributed by atoms with E-state index in [2.05, 4.69) is 39.2 Å². The molecule has 0 aliphatic heterocycles. The first-order chi connectivity index (χ1) is 14.9. The third-order valence-electron chi connectivity index (χ3n) is 7.32. The van der Waals surface area contributed by atoms with E-state index in [4.69, 9.17) is 9.16 Å². The van der Waals surface area contributed by atoms with E-state index in [0.29, 0.717) is 12.3 Å². The van der Waals surface area contributed by atoms with Gasteiger partial charge in [-0.2, -0.15) is 0 Å². The average Bonchev–Trinajstić information content (AvgIpc) is 2.62.